The van der Waals surface area contributed by atoms with E-state index in [1.807, 2.05) is 43.3 Å². The van der Waals surface area contributed by atoms with Crippen molar-refractivity contribution in [2.24, 2.45) is 0 Å². The molecule has 4 nitrogen and oxygen atoms in total. The number of ketones is 1. The first-order valence-electron chi connectivity index (χ1n) is 9.70. The van der Waals surface area contributed by atoms with Crippen molar-refractivity contribution in [3.8, 4) is 17.2 Å². The molecule has 31 heavy (non-hydrogen) atoms. The standard InChI is InChI=1S/C25H22BrIO4/c1-3-30-24-15-18(6-13-23(28)19-7-11-21(29-2)12-8-19)14-22(27)25(24)31-16-17-4-9-20(26)10-5-17/h4-15H,3,16H2,1-2H3/b13-6+. The molecule has 0 atom stereocenters. The minimum Gasteiger partial charge on any atom is -0.497 e. The van der Waals surface area contributed by atoms with Gasteiger partial charge in [-0.1, -0.05) is 34.1 Å². The van der Waals surface area contributed by atoms with Crippen LogP contribution >= 0.6 is 38.5 Å². The Labute approximate surface area is 204 Å². The van der Waals surface area contributed by atoms with E-state index >= 15 is 0 Å². The maximum Gasteiger partial charge on any atom is 0.185 e. The van der Waals surface area contributed by atoms with Gasteiger partial charge in [-0.15, -0.1) is 0 Å². The third-order valence-electron chi connectivity index (χ3n) is 4.43. The Morgan fingerprint density at radius 2 is 1.74 bits per heavy atom. The molecule has 0 aliphatic heterocycles. The van der Waals surface area contributed by atoms with Crippen LogP contribution < -0.4 is 14.2 Å². The van der Waals surface area contributed by atoms with Gasteiger partial charge in [0, 0.05) is 10.0 Å². The molecule has 0 heterocycles. The van der Waals surface area contributed by atoms with Crippen molar-refractivity contribution in [3.63, 3.8) is 0 Å². The van der Waals surface area contributed by atoms with E-state index in [0.717, 1.165) is 24.9 Å². The highest BCUT2D eigenvalue weighted by Gasteiger charge is 2.12. The molecule has 0 radical (unpaired) electrons. The number of allylic oxidation sites excluding steroid dienone is 1. The van der Waals surface area contributed by atoms with Crippen LogP contribution in [0.15, 0.2) is 71.2 Å². The number of hydrogen-bond acceptors (Lipinski definition) is 4. The molecular weight excluding hydrogens is 571 g/mol. The summed E-state index contributed by atoms with van der Waals surface area (Å²) in [6, 6.07) is 18.9. The summed E-state index contributed by atoms with van der Waals surface area (Å²) < 4.78 is 19.0. The van der Waals surface area contributed by atoms with Gasteiger partial charge in [0.2, 0.25) is 0 Å². The number of carbonyl (C=O) groups is 1. The number of ether oxygens (including phenoxy) is 3. The van der Waals surface area contributed by atoms with E-state index in [2.05, 4.69) is 38.5 Å². The molecule has 0 saturated heterocycles. The topological polar surface area (TPSA) is 44.8 Å². The largest absolute Gasteiger partial charge is 0.497 e. The van der Waals surface area contributed by atoms with Gasteiger partial charge in [-0.05, 0) is 95.2 Å². The number of carbonyl (C=O) groups excluding carboxylic acids is 1. The van der Waals surface area contributed by atoms with Crippen LogP contribution in [0.3, 0.4) is 0 Å². The van der Waals surface area contributed by atoms with Crippen LogP contribution in [0, 0.1) is 3.57 Å². The van der Waals surface area contributed by atoms with Gasteiger partial charge in [-0.3, -0.25) is 4.79 Å². The molecular formula is C25H22BrIO4. The Bertz CT molecular complexity index is 1060. The van der Waals surface area contributed by atoms with Gasteiger partial charge in [0.05, 0.1) is 17.3 Å². The number of halogens is 2. The molecule has 0 saturated carbocycles. The fraction of sp³-hybridized carbons (Fsp3) is 0.160. The summed E-state index contributed by atoms with van der Waals surface area (Å²) in [6.07, 6.45) is 3.35. The average Bonchev–Trinajstić information content (AvgIpc) is 2.78. The molecule has 3 aromatic rings. The lowest BCUT2D eigenvalue weighted by atomic mass is 10.1. The zero-order valence-corrected chi connectivity index (χ0v) is 21.0. The van der Waals surface area contributed by atoms with Crippen LogP contribution in [0.4, 0.5) is 0 Å². The fourth-order valence-corrected chi connectivity index (χ4v) is 3.89. The monoisotopic (exact) mass is 592 g/mol. The molecule has 0 spiro atoms. The molecule has 6 heteroatoms. The van der Waals surface area contributed by atoms with Crippen LogP contribution in [-0.2, 0) is 6.61 Å². The molecule has 0 unspecified atom stereocenters. The van der Waals surface area contributed by atoms with Crippen molar-refractivity contribution in [2.45, 2.75) is 13.5 Å². The number of hydrogen-bond donors (Lipinski definition) is 0. The molecule has 3 aromatic carbocycles. The van der Waals surface area contributed by atoms with Gasteiger partial charge in [-0.25, -0.2) is 0 Å². The summed E-state index contributed by atoms with van der Waals surface area (Å²) in [4.78, 5) is 12.5. The van der Waals surface area contributed by atoms with Gasteiger partial charge >= 0.3 is 0 Å². The summed E-state index contributed by atoms with van der Waals surface area (Å²) in [5.41, 5.74) is 2.53. The Morgan fingerprint density at radius 3 is 2.39 bits per heavy atom. The Balaban J connectivity index is 1.77. The summed E-state index contributed by atoms with van der Waals surface area (Å²) in [5, 5.41) is 0. The molecule has 160 valence electrons. The third-order valence-corrected chi connectivity index (χ3v) is 5.76. The van der Waals surface area contributed by atoms with Crippen LogP contribution in [0.1, 0.15) is 28.4 Å². The normalized spacial score (nSPS) is 10.8. The van der Waals surface area contributed by atoms with Crippen molar-refractivity contribution >= 4 is 50.4 Å². The summed E-state index contributed by atoms with van der Waals surface area (Å²) in [5.74, 6) is 1.99. The summed E-state index contributed by atoms with van der Waals surface area (Å²) in [7, 11) is 1.60. The highest BCUT2D eigenvalue weighted by molar-refractivity contribution is 14.1. The van der Waals surface area contributed by atoms with Gasteiger partial charge in [0.15, 0.2) is 17.3 Å². The number of rotatable bonds is 9. The fourth-order valence-electron chi connectivity index (χ4n) is 2.85. The smallest absolute Gasteiger partial charge is 0.185 e. The lowest BCUT2D eigenvalue weighted by Gasteiger charge is -2.15. The maximum absolute atomic E-state index is 12.5. The predicted molar refractivity (Wildman–Crippen MR) is 135 cm³/mol. The summed E-state index contributed by atoms with van der Waals surface area (Å²) >= 11 is 5.67. The Hall–Kier alpha value is -2.32. The Morgan fingerprint density at radius 1 is 1.03 bits per heavy atom. The molecule has 0 N–H and O–H groups in total. The van der Waals surface area contributed by atoms with E-state index in [4.69, 9.17) is 14.2 Å². The molecule has 0 aliphatic carbocycles. The molecule has 0 amide bonds. The zero-order valence-electron chi connectivity index (χ0n) is 17.2. The maximum atomic E-state index is 12.5. The van der Waals surface area contributed by atoms with E-state index in [9.17, 15) is 4.79 Å². The number of benzene rings is 3. The average molecular weight is 593 g/mol. The van der Waals surface area contributed by atoms with E-state index in [1.54, 1.807) is 43.5 Å². The molecule has 0 aromatic heterocycles. The lowest BCUT2D eigenvalue weighted by Crippen LogP contribution is -2.02. The van der Waals surface area contributed by atoms with Crippen molar-refractivity contribution in [1.29, 1.82) is 0 Å². The molecule has 3 rings (SSSR count). The quantitative estimate of drug-likeness (QED) is 0.153. The lowest BCUT2D eigenvalue weighted by molar-refractivity contribution is 0.104. The van der Waals surface area contributed by atoms with E-state index in [1.165, 1.54) is 0 Å². The van der Waals surface area contributed by atoms with Crippen molar-refractivity contribution in [3.05, 3.63) is 91.5 Å². The van der Waals surface area contributed by atoms with Gasteiger partial charge in [-0.2, -0.15) is 0 Å². The van der Waals surface area contributed by atoms with E-state index < -0.39 is 0 Å². The second-order valence-electron chi connectivity index (χ2n) is 6.60. The summed E-state index contributed by atoms with van der Waals surface area (Å²) in [6.45, 7) is 2.89. The molecule has 0 aliphatic rings. The van der Waals surface area contributed by atoms with Crippen molar-refractivity contribution in [1.82, 2.24) is 0 Å². The second-order valence-corrected chi connectivity index (χ2v) is 8.68. The van der Waals surface area contributed by atoms with Crippen LogP contribution in [0.25, 0.3) is 6.08 Å². The van der Waals surface area contributed by atoms with Gasteiger partial charge in [0.1, 0.15) is 12.4 Å². The highest BCUT2D eigenvalue weighted by atomic mass is 127. The first kappa shape index (κ1) is 23.3. The molecule has 0 bridgehead atoms. The van der Waals surface area contributed by atoms with Gasteiger partial charge in [0.25, 0.3) is 0 Å². The van der Waals surface area contributed by atoms with Crippen molar-refractivity contribution < 1.29 is 19.0 Å². The third kappa shape index (κ3) is 6.58. The highest BCUT2D eigenvalue weighted by Crippen LogP contribution is 2.35. The zero-order chi connectivity index (χ0) is 22.2. The minimum absolute atomic E-state index is 0.0776. The SMILES string of the molecule is CCOc1cc(/C=C/C(=O)c2ccc(OC)cc2)cc(I)c1OCc1ccc(Br)cc1. The first-order chi connectivity index (χ1) is 15.0. The van der Waals surface area contributed by atoms with Crippen LogP contribution in [0.2, 0.25) is 0 Å². The number of methoxy groups -OCH3 is 1. The molecule has 0 fully saturated rings. The Kier molecular flexibility index (Phi) is 8.54. The van der Waals surface area contributed by atoms with E-state index in [-0.39, 0.29) is 5.78 Å². The second kappa shape index (κ2) is 11.3. The first-order valence-corrected chi connectivity index (χ1v) is 11.6. The minimum atomic E-state index is -0.0776. The predicted octanol–water partition coefficient (Wildman–Crippen LogP) is 6.94. The van der Waals surface area contributed by atoms with Gasteiger partial charge < -0.3 is 14.2 Å². The van der Waals surface area contributed by atoms with Crippen LogP contribution in [-0.4, -0.2) is 19.5 Å². The van der Waals surface area contributed by atoms with Crippen LogP contribution in [0.5, 0.6) is 17.2 Å². The van der Waals surface area contributed by atoms with Crippen molar-refractivity contribution in [2.75, 3.05) is 13.7 Å². The van der Waals surface area contributed by atoms with E-state index in [0.29, 0.717) is 30.3 Å².